The molecule has 0 spiro atoms. The van der Waals surface area contributed by atoms with Crippen LogP contribution in [-0.4, -0.2) is 99.3 Å². The molecule has 0 radical (unpaired) electrons. The van der Waals surface area contributed by atoms with Crippen LogP contribution in [0.1, 0.15) is 146 Å². The maximum atomic E-state index is 12.1. The molecule has 0 amide bonds. The summed E-state index contributed by atoms with van der Waals surface area (Å²) in [4.78, 5) is 47.0. The van der Waals surface area contributed by atoms with Crippen LogP contribution in [0.4, 0.5) is 0 Å². The number of ether oxygens (including phenoxy) is 4. The summed E-state index contributed by atoms with van der Waals surface area (Å²) in [5, 5.41) is 0. The van der Waals surface area contributed by atoms with Gasteiger partial charge in [-0.1, -0.05) is 79.1 Å². The molecule has 0 aliphatic rings. The Bertz CT molecular complexity index is 1470. The number of carbonyl (C=O) groups is 4. The zero-order chi connectivity index (χ0) is 39.2. The first-order valence-electron chi connectivity index (χ1n) is 17.5. The zero-order valence-corrected chi connectivity index (χ0v) is 34.1. The number of benzene rings is 2. The summed E-state index contributed by atoms with van der Waals surface area (Å²) in [6, 6.07) is 6.02. The Labute approximate surface area is 329 Å². The van der Waals surface area contributed by atoms with Crippen LogP contribution in [0.15, 0.2) is 46.2 Å². The summed E-state index contributed by atoms with van der Waals surface area (Å²) in [6.07, 6.45) is 10.1. The van der Waals surface area contributed by atoms with Gasteiger partial charge in [-0.25, -0.2) is 36.0 Å². The van der Waals surface area contributed by atoms with Crippen molar-refractivity contribution in [2.24, 2.45) is 0 Å². The number of unbranched alkanes of at least 4 members (excludes halogenated alkanes) is 8. The number of hydrogen-bond acceptors (Lipinski definition) is 14. The van der Waals surface area contributed by atoms with Crippen molar-refractivity contribution >= 4 is 67.2 Å². The normalized spacial score (nSPS) is 11.0. The third-order valence-electron chi connectivity index (χ3n) is 7.26. The average molecular weight is 795 g/mol. The van der Waals surface area contributed by atoms with Gasteiger partial charge in [0.2, 0.25) is 0 Å². The summed E-state index contributed by atoms with van der Waals surface area (Å²) in [6.45, 7) is 8.72. The van der Waals surface area contributed by atoms with Crippen molar-refractivity contribution in [3.63, 3.8) is 0 Å². The van der Waals surface area contributed by atoms with Gasteiger partial charge in [0, 0.05) is 0 Å². The van der Waals surface area contributed by atoms with E-state index in [1.54, 1.807) is 0 Å². The molecule has 0 saturated carbocycles. The van der Waals surface area contributed by atoms with E-state index in [0.29, 0.717) is 25.7 Å². The molecule has 53 heavy (non-hydrogen) atoms. The second kappa shape index (κ2) is 26.6. The van der Waals surface area contributed by atoms with Crippen molar-refractivity contribution in [2.45, 2.75) is 115 Å². The maximum absolute atomic E-state index is 12.1. The summed E-state index contributed by atoms with van der Waals surface area (Å²) < 4.78 is 88.2. The zero-order valence-electron chi connectivity index (χ0n) is 31.0. The summed E-state index contributed by atoms with van der Waals surface area (Å²) in [5.41, 5.74) is -0.671. The molecule has 2 rings (SSSR count). The smallest absolute Gasteiger partial charge is 0.744 e. The summed E-state index contributed by atoms with van der Waals surface area (Å²) in [5.74, 6) is -3.14. The largest absolute Gasteiger partial charge is 2.00 e. The maximum Gasteiger partial charge on any atom is 2.00 e. The van der Waals surface area contributed by atoms with Gasteiger partial charge in [-0.3, -0.25) is 0 Å². The van der Waals surface area contributed by atoms with Crippen molar-refractivity contribution in [1.29, 1.82) is 0 Å². The minimum absolute atomic E-state index is 0. The van der Waals surface area contributed by atoms with Crippen LogP contribution < -0.4 is 0 Å². The molecular weight excluding hydrogens is 745 g/mol. The van der Waals surface area contributed by atoms with E-state index in [-0.39, 0.29) is 71.7 Å². The van der Waals surface area contributed by atoms with E-state index in [1.165, 1.54) is 12.1 Å². The van der Waals surface area contributed by atoms with Gasteiger partial charge in [-0.15, -0.1) is 0 Å². The van der Waals surface area contributed by atoms with Gasteiger partial charge in [0.25, 0.3) is 0 Å². The second-order valence-corrected chi connectivity index (χ2v) is 14.5. The van der Waals surface area contributed by atoms with Crippen molar-refractivity contribution < 1.29 is 64.1 Å². The first-order valence-corrected chi connectivity index (χ1v) is 20.3. The third-order valence-corrected chi connectivity index (χ3v) is 8.88. The van der Waals surface area contributed by atoms with Gasteiger partial charge < -0.3 is 28.1 Å². The van der Waals surface area contributed by atoms with Crippen LogP contribution >= 0.6 is 0 Å². The average Bonchev–Trinajstić information content (AvgIpc) is 3.11. The van der Waals surface area contributed by atoms with Crippen LogP contribution in [-0.2, 0) is 39.2 Å². The van der Waals surface area contributed by atoms with E-state index < -0.39 is 53.9 Å². The molecule has 0 aromatic heterocycles. The number of esters is 4. The molecule has 0 aliphatic heterocycles. The van der Waals surface area contributed by atoms with Gasteiger partial charge in [0.1, 0.15) is 20.2 Å². The summed E-state index contributed by atoms with van der Waals surface area (Å²) in [7, 11) is -9.68. The van der Waals surface area contributed by atoms with Crippen molar-refractivity contribution in [1.82, 2.24) is 0 Å². The van der Waals surface area contributed by atoms with Gasteiger partial charge in [-0.2, -0.15) is 0 Å². The van der Waals surface area contributed by atoms with Crippen LogP contribution in [0, 0.1) is 0 Å². The van der Waals surface area contributed by atoms with Gasteiger partial charge >= 0.3 is 46.9 Å². The molecule has 17 heteroatoms. The second-order valence-electron chi connectivity index (χ2n) is 11.8. The predicted molar refractivity (Wildman–Crippen MR) is 194 cm³/mol. The predicted octanol–water partition coefficient (Wildman–Crippen LogP) is 6.19. The molecular formula is C36H50MgO14S2. The molecule has 0 bridgehead atoms. The van der Waals surface area contributed by atoms with E-state index in [0.717, 1.165) is 75.6 Å². The summed E-state index contributed by atoms with van der Waals surface area (Å²) >= 11 is 0. The van der Waals surface area contributed by atoms with Gasteiger partial charge in [0.05, 0.1) is 58.5 Å². The molecule has 2 aromatic rings. The monoisotopic (exact) mass is 794 g/mol. The molecule has 0 aliphatic carbocycles. The van der Waals surface area contributed by atoms with Crippen LogP contribution in [0.3, 0.4) is 0 Å². The SMILES string of the molecule is CCCCCOC(=O)c1cc(C(=O)OCCCCC)cc(S(=O)(=O)[O-])c1.CCCCCOC(=O)c1cc(C(=O)OCCCCC)cc(S(=O)(=O)[O-])c1.[Mg+2]. The number of rotatable bonds is 22. The molecule has 14 nitrogen and oxygen atoms in total. The molecule has 0 N–H and O–H groups in total. The van der Waals surface area contributed by atoms with Crippen molar-refractivity contribution in [2.75, 3.05) is 26.4 Å². The Kier molecular flexibility index (Phi) is 25.1. The molecule has 0 saturated heterocycles. The number of carbonyl (C=O) groups excluding carboxylic acids is 4. The first-order chi connectivity index (χ1) is 24.6. The fraction of sp³-hybridized carbons (Fsp3) is 0.556. The van der Waals surface area contributed by atoms with E-state index in [4.69, 9.17) is 18.9 Å². The fourth-order valence-corrected chi connectivity index (χ4v) is 5.44. The number of hydrogen-bond donors (Lipinski definition) is 0. The van der Waals surface area contributed by atoms with Crippen LogP contribution in [0.25, 0.3) is 0 Å². The van der Waals surface area contributed by atoms with E-state index in [9.17, 15) is 45.1 Å². The van der Waals surface area contributed by atoms with Gasteiger partial charge in [0.15, 0.2) is 0 Å². The quantitative estimate of drug-likeness (QED) is 0.0427. The standard InChI is InChI=1S/2C18H26O7S.Mg/c2*1-3-5-7-9-24-17(19)14-11-15(13-16(12-14)26(21,22)23)18(20)25-10-8-6-4-2;/h2*11-13H,3-10H2,1-2H3,(H,21,22,23);/q;;+2/p-2. The Morgan fingerprint density at radius 2 is 0.642 bits per heavy atom. The van der Waals surface area contributed by atoms with E-state index >= 15 is 0 Å². The molecule has 0 atom stereocenters. The molecule has 0 unspecified atom stereocenters. The minimum atomic E-state index is -4.84. The Morgan fingerprint density at radius 3 is 0.811 bits per heavy atom. The van der Waals surface area contributed by atoms with Crippen molar-refractivity contribution in [3.8, 4) is 0 Å². The Morgan fingerprint density at radius 1 is 0.434 bits per heavy atom. The van der Waals surface area contributed by atoms with Crippen LogP contribution in [0.2, 0.25) is 0 Å². The minimum Gasteiger partial charge on any atom is -0.744 e. The Balaban J connectivity index is 0.00000100. The molecule has 0 heterocycles. The fourth-order valence-electron chi connectivity index (χ4n) is 4.36. The topological polar surface area (TPSA) is 220 Å². The molecule has 2 aromatic carbocycles. The van der Waals surface area contributed by atoms with Gasteiger partial charge in [-0.05, 0) is 62.1 Å². The van der Waals surface area contributed by atoms with Crippen LogP contribution in [0.5, 0.6) is 0 Å². The molecule has 292 valence electrons. The van der Waals surface area contributed by atoms with Crippen molar-refractivity contribution in [3.05, 3.63) is 58.7 Å². The third kappa shape index (κ3) is 20.2. The first kappa shape index (κ1) is 49.9. The molecule has 0 fully saturated rings. The Hall–Kier alpha value is -3.09. The van der Waals surface area contributed by atoms with E-state index in [1.807, 2.05) is 27.7 Å². The van der Waals surface area contributed by atoms with E-state index in [2.05, 4.69) is 0 Å².